The SMILES string of the molecule is Cc1ccccc1NC(=O)c1c(C)nc2ccc(Cl)cc2c1-c1ccccc1Cl. The number of fused-ring (bicyclic) bond motifs is 1. The molecule has 3 aromatic carbocycles. The first-order valence-corrected chi connectivity index (χ1v) is 9.93. The second kappa shape index (κ2) is 7.86. The Kier molecular flexibility index (Phi) is 5.27. The average molecular weight is 421 g/mol. The number of aromatic nitrogens is 1. The molecule has 144 valence electrons. The third-order valence-corrected chi connectivity index (χ3v) is 5.46. The number of benzene rings is 3. The highest BCUT2D eigenvalue weighted by Crippen LogP contribution is 2.38. The molecule has 1 aromatic heterocycles. The van der Waals surface area contributed by atoms with Crippen molar-refractivity contribution in [3.05, 3.63) is 93.6 Å². The van der Waals surface area contributed by atoms with Crippen molar-refractivity contribution in [1.29, 1.82) is 0 Å². The minimum absolute atomic E-state index is 0.235. The van der Waals surface area contributed by atoms with Crippen molar-refractivity contribution in [3.63, 3.8) is 0 Å². The molecule has 0 saturated carbocycles. The van der Waals surface area contributed by atoms with Crippen molar-refractivity contribution in [1.82, 2.24) is 4.98 Å². The summed E-state index contributed by atoms with van der Waals surface area (Å²) in [4.78, 5) is 18.0. The summed E-state index contributed by atoms with van der Waals surface area (Å²) in [6.45, 7) is 3.79. The van der Waals surface area contributed by atoms with E-state index >= 15 is 0 Å². The van der Waals surface area contributed by atoms with Gasteiger partial charge in [0.05, 0.1) is 16.8 Å². The van der Waals surface area contributed by atoms with Crippen molar-refractivity contribution in [2.45, 2.75) is 13.8 Å². The lowest BCUT2D eigenvalue weighted by molar-refractivity contribution is 0.102. The summed E-state index contributed by atoms with van der Waals surface area (Å²) in [5.41, 5.74) is 5.10. The smallest absolute Gasteiger partial charge is 0.258 e. The van der Waals surface area contributed by atoms with E-state index < -0.39 is 0 Å². The molecule has 4 aromatic rings. The number of pyridine rings is 1. The van der Waals surface area contributed by atoms with Crippen LogP contribution in [0.2, 0.25) is 10.0 Å². The molecule has 1 heterocycles. The molecule has 0 atom stereocenters. The molecule has 0 saturated heterocycles. The Morgan fingerprint density at radius 2 is 1.66 bits per heavy atom. The Morgan fingerprint density at radius 1 is 0.931 bits per heavy atom. The normalized spacial score (nSPS) is 10.9. The van der Waals surface area contributed by atoms with Crippen LogP contribution < -0.4 is 5.32 Å². The number of hydrogen-bond acceptors (Lipinski definition) is 2. The lowest BCUT2D eigenvalue weighted by atomic mass is 9.93. The van der Waals surface area contributed by atoms with E-state index in [1.54, 1.807) is 6.07 Å². The van der Waals surface area contributed by atoms with Crippen LogP contribution in [0.4, 0.5) is 5.69 Å². The molecule has 1 amide bonds. The van der Waals surface area contributed by atoms with Crippen LogP contribution in [0.1, 0.15) is 21.6 Å². The summed E-state index contributed by atoms with van der Waals surface area (Å²) in [6.07, 6.45) is 0. The predicted octanol–water partition coefficient (Wildman–Crippen LogP) is 7.08. The third kappa shape index (κ3) is 3.71. The summed E-state index contributed by atoms with van der Waals surface area (Å²) in [5, 5.41) is 4.94. The largest absolute Gasteiger partial charge is 0.322 e. The van der Waals surface area contributed by atoms with Gasteiger partial charge in [0, 0.05) is 32.2 Å². The summed E-state index contributed by atoms with van der Waals surface area (Å²) in [6, 6.07) is 20.6. The Balaban J connectivity index is 1.99. The number of rotatable bonds is 3. The van der Waals surface area contributed by atoms with Crippen LogP contribution in [0, 0.1) is 13.8 Å². The first kappa shape index (κ1) is 19.4. The molecular formula is C24H18Cl2N2O. The fourth-order valence-electron chi connectivity index (χ4n) is 3.48. The number of para-hydroxylation sites is 1. The van der Waals surface area contributed by atoms with Gasteiger partial charge < -0.3 is 5.32 Å². The van der Waals surface area contributed by atoms with Gasteiger partial charge in [-0.1, -0.05) is 59.6 Å². The maximum Gasteiger partial charge on any atom is 0.258 e. The Labute approximate surface area is 179 Å². The topological polar surface area (TPSA) is 42.0 Å². The van der Waals surface area contributed by atoms with Crippen molar-refractivity contribution in [3.8, 4) is 11.1 Å². The third-order valence-electron chi connectivity index (χ3n) is 4.89. The Hall–Kier alpha value is -2.88. The molecule has 0 radical (unpaired) electrons. The lowest BCUT2D eigenvalue weighted by Gasteiger charge is -2.17. The van der Waals surface area contributed by atoms with Crippen LogP contribution in [0.3, 0.4) is 0 Å². The van der Waals surface area contributed by atoms with Crippen molar-refractivity contribution in [2.24, 2.45) is 0 Å². The first-order valence-electron chi connectivity index (χ1n) is 9.17. The van der Waals surface area contributed by atoms with Crippen LogP contribution in [0.15, 0.2) is 66.7 Å². The highest BCUT2D eigenvalue weighted by atomic mass is 35.5. The molecule has 0 aliphatic carbocycles. The fraction of sp³-hybridized carbons (Fsp3) is 0.0833. The van der Waals surface area contributed by atoms with Crippen LogP contribution in [-0.2, 0) is 0 Å². The van der Waals surface area contributed by atoms with E-state index in [9.17, 15) is 4.79 Å². The Bertz CT molecular complexity index is 1250. The minimum Gasteiger partial charge on any atom is -0.322 e. The molecule has 3 nitrogen and oxygen atoms in total. The van der Waals surface area contributed by atoms with E-state index in [-0.39, 0.29) is 5.91 Å². The van der Waals surface area contributed by atoms with E-state index in [1.165, 1.54) is 0 Å². The van der Waals surface area contributed by atoms with Gasteiger partial charge in [0.15, 0.2) is 0 Å². The van der Waals surface area contributed by atoms with Gasteiger partial charge >= 0.3 is 0 Å². The van der Waals surface area contributed by atoms with Crippen LogP contribution in [0.25, 0.3) is 22.0 Å². The van der Waals surface area contributed by atoms with Gasteiger partial charge in [0.25, 0.3) is 5.91 Å². The molecule has 5 heteroatoms. The van der Waals surface area contributed by atoms with Gasteiger partial charge in [0.1, 0.15) is 0 Å². The average Bonchev–Trinajstić information content (AvgIpc) is 2.69. The van der Waals surface area contributed by atoms with E-state index in [0.717, 1.165) is 33.3 Å². The number of carbonyl (C=O) groups is 1. The molecule has 0 unspecified atom stereocenters. The van der Waals surface area contributed by atoms with Gasteiger partial charge in [-0.25, -0.2) is 0 Å². The molecule has 0 spiro atoms. The number of nitrogens with one attached hydrogen (secondary N) is 1. The maximum atomic E-state index is 13.4. The van der Waals surface area contributed by atoms with Crippen LogP contribution in [-0.4, -0.2) is 10.9 Å². The molecule has 4 rings (SSSR count). The van der Waals surface area contributed by atoms with Gasteiger partial charge in [-0.05, 0) is 49.7 Å². The first-order chi connectivity index (χ1) is 14.0. The highest BCUT2D eigenvalue weighted by molar-refractivity contribution is 6.35. The zero-order chi connectivity index (χ0) is 20.5. The van der Waals surface area contributed by atoms with Crippen molar-refractivity contribution >= 4 is 45.7 Å². The number of aryl methyl sites for hydroxylation is 2. The fourth-order valence-corrected chi connectivity index (χ4v) is 3.88. The molecule has 29 heavy (non-hydrogen) atoms. The lowest BCUT2D eigenvalue weighted by Crippen LogP contribution is -2.16. The van der Waals surface area contributed by atoms with E-state index in [1.807, 2.05) is 74.5 Å². The van der Waals surface area contributed by atoms with Crippen molar-refractivity contribution in [2.75, 3.05) is 5.32 Å². The number of nitrogens with zero attached hydrogens (tertiary/aromatic N) is 1. The number of amides is 1. The van der Waals surface area contributed by atoms with Gasteiger partial charge in [-0.2, -0.15) is 0 Å². The summed E-state index contributed by atoms with van der Waals surface area (Å²) < 4.78 is 0. The molecule has 1 N–H and O–H groups in total. The second-order valence-electron chi connectivity index (χ2n) is 6.86. The predicted molar refractivity (Wildman–Crippen MR) is 121 cm³/mol. The van der Waals surface area contributed by atoms with Crippen LogP contribution in [0.5, 0.6) is 0 Å². The van der Waals surface area contributed by atoms with E-state index in [2.05, 4.69) is 10.3 Å². The molecule has 0 fully saturated rings. The number of hydrogen-bond donors (Lipinski definition) is 1. The van der Waals surface area contributed by atoms with Crippen molar-refractivity contribution < 1.29 is 4.79 Å². The molecule has 0 bridgehead atoms. The van der Waals surface area contributed by atoms with Gasteiger partial charge in [-0.15, -0.1) is 0 Å². The quantitative estimate of drug-likeness (QED) is 0.384. The van der Waals surface area contributed by atoms with E-state index in [4.69, 9.17) is 23.2 Å². The summed E-state index contributed by atoms with van der Waals surface area (Å²) >= 11 is 12.8. The van der Waals surface area contributed by atoms with Gasteiger partial charge in [-0.3, -0.25) is 9.78 Å². The zero-order valence-corrected chi connectivity index (χ0v) is 17.5. The van der Waals surface area contributed by atoms with Gasteiger partial charge in [0.2, 0.25) is 0 Å². The summed E-state index contributed by atoms with van der Waals surface area (Å²) in [7, 11) is 0. The molecule has 0 aliphatic rings. The number of carbonyl (C=O) groups excluding carboxylic acids is 1. The zero-order valence-electron chi connectivity index (χ0n) is 16.0. The highest BCUT2D eigenvalue weighted by Gasteiger charge is 2.22. The molecule has 0 aliphatic heterocycles. The van der Waals surface area contributed by atoms with Crippen LogP contribution >= 0.6 is 23.2 Å². The summed E-state index contributed by atoms with van der Waals surface area (Å²) in [5.74, 6) is -0.235. The minimum atomic E-state index is -0.235. The maximum absolute atomic E-state index is 13.4. The number of halogens is 2. The monoisotopic (exact) mass is 420 g/mol. The molecular weight excluding hydrogens is 403 g/mol. The van der Waals surface area contributed by atoms with E-state index in [0.29, 0.717) is 21.3 Å². The number of anilines is 1. The Morgan fingerprint density at radius 3 is 2.41 bits per heavy atom. The second-order valence-corrected chi connectivity index (χ2v) is 7.70. The standard InChI is InChI=1S/C24H18Cl2N2O/c1-14-7-3-6-10-20(14)28-24(29)22-15(2)27-21-12-11-16(25)13-18(21)23(22)17-8-4-5-9-19(17)26/h3-13H,1-2H3,(H,28,29).